The SMILES string of the molecule is NC(=O)[C@H](Cc1ccc(-c2ccccc2)cc1)Nc1cncc(F)c1CC[C@@H]1CNCC2(CCCC2)O1. The van der Waals surface area contributed by atoms with E-state index in [1.54, 1.807) is 6.20 Å². The van der Waals surface area contributed by atoms with Gasteiger partial charge in [-0.3, -0.25) is 9.78 Å². The van der Waals surface area contributed by atoms with Crippen LogP contribution in [0.3, 0.4) is 0 Å². The highest BCUT2D eigenvalue weighted by atomic mass is 19.1. The van der Waals surface area contributed by atoms with Crippen molar-refractivity contribution < 1.29 is 13.9 Å². The van der Waals surface area contributed by atoms with Crippen LogP contribution >= 0.6 is 0 Å². The minimum absolute atomic E-state index is 0.0299. The number of halogens is 1. The molecule has 1 spiro atoms. The second-order valence-electron chi connectivity index (χ2n) is 10.3. The number of hydrogen-bond donors (Lipinski definition) is 3. The van der Waals surface area contributed by atoms with Gasteiger partial charge in [-0.05, 0) is 42.4 Å². The molecule has 2 aliphatic rings. The number of primary amides is 1. The van der Waals surface area contributed by atoms with Crippen molar-refractivity contribution in [2.75, 3.05) is 18.4 Å². The number of carbonyl (C=O) groups excluding carboxylic acids is 1. The normalized spacial score (nSPS) is 19.5. The van der Waals surface area contributed by atoms with Gasteiger partial charge in [0, 0.05) is 25.1 Å². The Hall–Kier alpha value is -3.29. The molecule has 194 valence electrons. The summed E-state index contributed by atoms with van der Waals surface area (Å²) >= 11 is 0. The lowest BCUT2D eigenvalue weighted by atomic mass is 9.97. The third-order valence-corrected chi connectivity index (χ3v) is 7.65. The summed E-state index contributed by atoms with van der Waals surface area (Å²) in [5.41, 5.74) is 9.90. The summed E-state index contributed by atoms with van der Waals surface area (Å²) in [4.78, 5) is 16.4. The monoisotopic (exact) mass is 502 g/mol. The van der Waals surface area contributed by atoms with Crippen LogP contribution in [0.1, 0.15) is 43.2 Å². The molecule has 0 bridgehead atoms. The molecule has 6 nitrogen and oxygen atoms in total. The number of pyridine rings is 1. The van der Waals surface area contributed by atoms with Crippen LogP contribution in [0.2, 0.25) is 0 Å². The van der Waals surface area contributed by atoms with E-state index in [0.29, 0.717) is 30.5 Å². The number of aromatic nitrogens is 1. The maximum atomic E-state index is 14.9. The van der Waals surface area contributed by atoms with E-state index in [0.717, 1.165) is 42.6 Å². The Morgan fingerprint density at radius 3 is 2.57 bits per heavy atom. The standard InChI is InChI=1S/C30H35FN4O2/c31-26-18-33-19-28(25(26)13-12-24-17-34-20-30(37-24)14-4-5-15-30)35-27(29(32)36)16-21-8-10-23(11-9-21)22-6-2-1-3-7-22/h1-3,6-11,18-19,24,27,34-35H,4-5,12-17,20H2,(H2,32,36)/t24-,27+/m1/s1. The van der Waals surface area contributed by atoms with Gasteiger partial charge in [0.15, 0.2) is 0 Å². The van der Waals surface area contributed by atoms with Crippen LogP contribution in [0, 0.1) is 5.82 Å². The molecule has 1 aliphatic heterocycles. The molecule has 1 saturated heterocycles. The molecule has 2 aromatic carbocycles. The van der Waals surface area contributed by atoms with Crippen LogP contribution in [0.25, 0.3) is 11.1 Å². The van der Waals surface area contributed by atoms with Gasteiger partial charge < -0.3 is 21.1 Å². The third-order valence-electron chi connectivity index (χ3n) is 7.65. The van der Waals surface area contributed by atoms with Crippen LogP contribution < -0.4 is 16.4 Å². The summed E-state index contributed by atoms with van der Waals surface area (Å²) in [6.45, 7) is 1.66. The first-order chi connectivity index (χ1) is 18.0. The van der Waals surface area contributed by atoms with Crippen LogP contribution in [0.15, 0.2) is 67.0 Å². The summed E-state index contributed by atoms with van der Waals surface area (Å²) in [5.74, 6) is -0.884. The summed E-state index contributed by atoms with van der Waals surface area (Å²) < 4.78 is 21.4. The fraction of sp³-hybridized carbons (Fsp3) is 0.400. The second kappa shape index (κ2) is 11.4. The largest absolute Gasteiger partial charge is 0.372 e. The van der Waals surface area contributed by atoms with E-state index in [2.05, 4.69) is 27.8 Å². The fourth-order valence-electron chi connectivity index (χ4n) is 5.63. The van der Waals surface area contributed by atoms with E-state index < -0.39 is 11.9 Å². The van der Waals surface area contributed by atoms with Gasteiger partial charge in [-0.15, -0.1) is 0 Å². The first-order valence-corrected chi connectivity index (χ1v) is 13.2. The molecule has 3 aromatic rings. The average molecular weight is 503 g/mol. The van der Waals surface area contributed by atoms with Gasteiger partial charge >= 0.3 is 0 Å². The van der Waals surface area contributed by atoms with E-state index >= 15 is 0 Å². The number of ether oxygens (including phenoxy) is 1. The zero-order valence-electron chi connectivity index (χ0n) is 21.1. The number of nitrogens with one attached hydrogen (secondary N) is 2. The van der Waals surface area contributed by atoms with Crippen molar-refractivity contribution in [3.8, 4) is 11.1 Å². The molecule has 37 heavy (non-hydrogen) atoms. The Labute approximate surface area is 217 Å². The van der Waals surface area contributed by atoms with Crippen molar-refractivity contribution in [1.82, 2.24) is 10.3 Å². The number of rotatable bonds is 9. The zero-order valence-corrected chi connectivity index (χ0v) is 21.1. The molecule has 4 N–H and O–H groups in total. The van der Waals surface area contributed by atoms with Crippen LogP contribution in [-0.2, 0) is 22.4 Å². The zero-order chi connectivity index (χ0) is 25.7. The predicted octanol–water partition coefficient (Wildman–Crippen LogP) is 4.63. The quantitative estimate of drug-likeness (QED) is 0.397. The fourth-order valence-corrected chi connectivity index (χ4v) is 5.63. The van der Waals surface area contributed by atoms with Gasteiger partial charge in [0.2, 0.25) is 5.91 Å². The van der Waals surface area contributed by atoms with Crippen molar-refractivity contribution in [2.45, 2.75) is 62.7 Å². The Morgan fingerprint density at radius 2 is 1.84 bits per heavy atom. The highest BCUT2D eigenvalue weighted by Gasteiger charge is 2.39. The molecule has 7 heteroatoms. The number of nitrogens with zero attached hydrogens (tertiary/aromatic N) is 1. The number of amides is 1. The summed E-state index contributed by atoms with van der Waals surface area (Å²) in [6.07, 6.45) is 8.95. The third kappa shape index (κ3) is 6.17. The van der Waals surface area contributed by atoms with Gasteiger partial charge in [0.1, 0.15) is 11.9 Å². The number of anilines is 1. The van der Waals surface area contributed by atoms with Gasteiger partial charge in [-0.25, -0.2) is 4.39 Å². The topological polar surface area (TPSA) is 89.3 Å². The van der Waals surface area contributed by atoms with E-state index in [4.69, 9.17) is 10.5 Å². The number of nitrogens with two attached hydrogens (primary N) is 1. The Bertz CT molecular complexity index is 1200. The van der Waals surface area contributed by atoms with E-state index in [-0.39, 0.29) is 17.5 Å². The molecule has 0 unspecified atom stereocenters. The van der Waals surface area contributed by atoms with Crippen molar-refractivity contribution in [1.29, 1.82) is 0 Å². The number of morpholine rings is 1. The van der Waals surface area contributed by atoms with E-state index in [9.17, 15) is 9.18 Å². The lowest BCUT2D eigenvalue weighted by Crippen LogP contribution is -2.52. The molecule has 1 aliphatic carbocycles. The Morgan fingerprint density at radius 1 is 1.11 bits per heavy atom. The predicted molar refractivity (Wildman–Crippen MR) is 144 cm³/mol. The number of hydrogen-bond acceptors (Lipinski definition) is 5. The van der Waals surface area contributed by atoms with Gasteiger partial charge in [-0.1, -0.05) is 67.4 Å². The molecular formula is C30H35FN4O2. The van der Waals surface area contributed by atoms with Crippen molar-refractivity contribution in [3.05, 3.63) is 83.9 Å². The second-order valence-corrected chi connectivity index (χ2v) is 10.3. The first-order valence-electron chi connectivity index (χ1n) is 13.2. The van der Waals surface area contributed by atoms with Gasteiger partial charge in [0.25, 0.3) is 0 Å². The average Bonchev–Trinajstić information content (AvgIpc) is 3.36. The number of benzene rings is 2. The molecule has 1 saturated carbocycles. The van der Waals surface area contributed by atoms with Gasteiger partial charge in [0.05, 0.1) is 29.8 Å². The minimum Gasteiger partial charge on any atom is -0.372 e. The molecule has 2 heterocycles. The maximum Gasteiger partial charge on any atom is 0.240 e. The highest BCUT2D eigenvalue weighted by Crippen LogP contribution is 2.36. The van der Waals surface area contributed by atoms with Crippen molar-refractivity contribution >= 4 is 11.6 Å². The Kier molecular flexibility index (Phi) is 7.82. The smallest absolute Gasteiger partial charge is 0.240 e. The minimum atomic E-state index is -0.695. The lowest BCUT2D eigenvalue weighted by Gasteiger charge is -2.39. The molecule has 2 atom stereocenters. The molecular weight excluding hydrogens is 467 g/mol. The maximum absolute atomic E-state index is 14.9. The van der Waals surface area contributed by atoms with Crippen molar-refractivity contribution in [3.63, 3.8) is 0 Å². The number of carbonyl (C=O) groups is 1. The summed E-state index contributed by atoms with van der Waals surface area (Å²) in [6, 6.07) is 17.5. The van der Waals surface area contributed by atoms with Crippen LogP contribution in [-0.4, -0.2) is 41.7 Å². The molecule has 1 aromatic heterocycles. The molecule has 2 fully saturated rings. The summed E-state index contributed by atoms with van der Waals surface area (Å²) in [5, 5.41) is 6.70. The Balaban J connectivity index is 1.26. The van der Waals surface area contributed by atoms with Crippen LogP contribution in [0.5, 0.6) is 0 Å². The first kappa shape index (κ1) is 25.4. The van der Waals surface area contributed by atoms with E-state index in [1.165, 1.54) is 19.0 Å². The molecule has 0 radical (unpaired) electrons. The van der Waals surface area contributed by atoms with E-state index in [1.807, 2.05) is 42.5 Å². The van der Waals surface area contributed by atoms with Crippen molar-refractivity contribution in [2.24, 2.45) is 5.73 Å². The highest BCUT2D eigenvalue weighted by molar-refractivity contribution is 5.83. The molecule has 1 amide bonds. The lowest BCUT2D eigenvalue weighted by molar-refractivity contribution is -0.118. The molecule has 5 rings (SSSR count). The summed E-state index contributed by atoms with van der Waals surface area (Å²) in [7, 11) is 0. The van der Waals surface area contributed by atoms with Gasteiger partial charge in [-0.2, -0.15) is 0 Å². The van der Waals surface area contributed by atoms with Crippen LogP contribution in [0.4, 0.5) is 10.1 Å².